The van der Waals surface area contributed by atoms with Crippen LogP contribution >= 0.6 is 0 Å². The predicted octanol–water partition coefficient (Wildman–Crippen LogP) is 2.85. The highest BCUT2D eigenvalue weighted by atomic mass is 15.3. The third kappa shape index (κ3) is 3.93. The Balaban J connectivity index is 2.64. The maximum Gasteiger partial charge on any atom is 0.104 e. The molecule has 1 heteroatoms. The first-order chi connectivity index (χ1) is 6.51. The van der Waals surface area contributed by atoms with Crippen LogP contribution in [0.4, 0.5) is 0 Å². The summed E-state index contributed by atoms with van der Waals surface area (Å²) in [7, 11) is 6.67. The van der Waals surface area contributed by atoms with Gasteiger partial charge in [0.15, 0.2) is 0 Å². The highest BCUT2D eigenvalue weighted by Gasteiger charge is 2.07. The molecule has 0 amide bonds. The second kappa shape index (κ2) is 4.61. The molecule has 0 saturated heterocycles. The van der Waals surface area contributed by atoms with Crippen molar-refractivity contribution < 1.29 is 4.48 Å². The van der Waals surface area contributed by atoms with Crippen LogP contribution in [0, 0.1) is 0 Å². The highest BCUT2D eigenvalue weighted by Crippen LogP contribution is 2.10. The van der Waals surface area contributed by atoms with E-state index in [2.05, 4.69) is 52.3 Å². The number of nitrogens with zero attached hydrogens (tertiary/aromatic N) is 1. The molecule has 0 radical (unpaired) electrons. The molecule has 1 nitrogen and oxygen atoms in total. The molecular weight excluding hydrogens is 170 g/mol. The molecule has 0 aliphatic heterocycles. The largest absolute Gasteiger partial charge is 0.327 e. The van der Waals surface area contributed by atoms with Gasteiger partial charge in [-0.25, -0.2) is 0 Å². The van der Waals surface area contributed by atoms with Gasteiger partial charge in [0.1, 0.15) is 6.54 Å². The number of aryl methyl sites for hydroxylation is 1. The monoisotopic (exact) mass is 192 g/mol. The van der Waals surface area contributed by atoms with Crippen LogP contribution in [0.25, 0.3) is 0 Å². The zero-order chi connectivity index (χ0) is 10.6. The fraction of sp³-hybridized carbons (Fsp3) is 0.538. The summed E-state index contributed by atoms with van der Waals surface area (Å²) in [5.74, 6) is 0. The molecule has 0 saturated carbocycles. The number of hydrogen-bond donors (Lipinski definition) is 0. The average molecular weight is 192 g/mol. The standard InChI is InChI=1S/C13H22N/c1-5-6-12-7-9-13(10-8-12)11-14(2,3)4/h7-10H,5-6,11H2,1-4H3/q+1. The molecule has 14 heavy (non-hydrogen) atoms. The van der Waals surface area contributed by atoms with Crippen molar-refractivity contribution in [1.82, 2.24) is 0 Å². The minimum Gasteiger partial charge on any atom is -0.327 e. The Hall–Kier alpha value is -0.820. The maximum absolute atomic E-state index is 2.26. The molecule has 0 unspecified atom stereocenters. The first-order valence-electron chi connectivity index (χ1n) is 5.39. The molecule has 0 spiro atoms. The summed E-state index contributed by atoms with van der Waals surface area (Å²) in [5, 5.41) is 0. The number of quaternary nitrogens is 1. The van der Waals surface area contributed by atoms with Gasteiger partial charge in [-0.2, -0.15) is 0 Å². The van der Waals surface area contributed by atoms with E-state index in [4.69, 9.17) is 0 Å². The zero-order valence-electron chi connectivity index (χ0n) is 9.88. The van der Waals surface area contributed by atoms with Gasteiger partial charge in [-0.1, -0.05) is 37.6 Å². The summed E-state index contributed by atoms with van der Waals surface area (Å²) in [6.45, 7) is 3.33. The van der Waals surface area contributed by atoms with Crippen LogP contribution < -0.4 is 0 Å². The van der Waals surface area contributed by atoms with Gasteiger partial charge in [0.05, 0.1) is 21.1 Å². The van der Waals surface area contributed by atoms with E-state index in [0.29, 0.717) is 0 Å². The van der Waals surface area contributed by atoms with Gasteiger partial charge in [0, 0.05) is 5.56 Å². The second-order valence-corrected chi connectivity index (χ2v) is 5.01. The Morgan fingerprint density at radius 1 is 0.929 bits per heavy atom. The molecule has 1 aromatic rings. The third-order valence-electron chi connectivity index (χ3n) is 2.22. The Morgan fingerprint density at radius 3 is 1.86 bits per heavy atom. The van der Waals surface area contributed by atoms with Crippen molar-refractivity contribution in [3.63, 3.8) is 0 Å². The molecule has 0 aliphatic carbocycles. The van der Waals surface area contributed by atoms with Gasteiger partial charge >= 0.3 is 0 Å². The fourth-order valence-corrected chi connectivity index (χ4v) is 1.65. The predicted molar refractivity (Wildman–Crippen MR) is 62.2 cm³/mol. The first kappa shape index (κ1) is 11.3. The topological polar surface area (TPSA) is 0 Å². The van der Waals surface area contributed by atoms with Gasteiger partial charge in [-0.05, 0) is 12.0 Å². The van der Waals surface area contributed by atoms with Crippen molar-refractivity contribution in [2.24, 2.45) is 0 Å². The molecule has 0 N–H and O–H groups in total. The van der Waals surface area contributed by atoms with Crippen LogP contribution in [-0.2, 0) is 13.0 Å². The van der Waals surface area contributed by atoms with Gasteiger partial charge in [-0.15, -0.1) is 0 Å². The molecule has 0 aliphatic rings. The van der Waals surface area contributed by atoms with Crippen LogP contribution in [0.1, 0.15) is 24.5 Å². The SMILES string of the molecule is CCCc1ccc(C[N+](C)(C)C)cc1. The summed E-state index contributed by atoms with van der Waals surface area (Å²) in [6, 6.07) is 9.03. The zero-order valence-corrected chi connectivity index (χ0v) is 9.88. The first-order valence-corrected chi connectivity index (χ1v) is 5.39. The van der Waals surface area contributed by atoms with Crippen LogP contribution in [0.2, 0.25) is 0 Å². The van der Waals surface area contributed by atoms with E-state index in [1.807, 2.05) is 0 Å². The summed E-state index contributed by atoms with van der Waals surface area (Å²) in [4.78, 5) is 0. The maximum atomic E-state index is 2.26. The number of benzene rings is 1. The van der Waals surface area contributed by atoms with Crippen molar-refractivity contribution in [2.75, 3.05) is 21.1 Å². The fourth-order valence-electron chi connectivity index (χ4n) is 1.65. The van der Waals surface area contributed by atoms with Crippen molar-refractivity contribution in [1.29, 1.82) is 0 Å². The lowest BCUT2D eigenvalue weighted by Gasteiger charge is -2.23. The Bertz CT molecular complexity index is 266. The minimum absolute atomic E-state index is 0.993. The van der Waals surface area contributed by atoms with Crippen LogP contribution in [0.15, 0.2) is 24.3 Å². The Kier molecular flexibility index (Phi) is 3.70. The second-order valence-electron chi connectivity index (χ2n) is 5.01. The van der Waals surface area contributed by atoms with Crippen LogP contribution in [-0.4, -0.2) is 25.6 Å². The molecule has 0 aromatic heterocycles. The summed E-state index contributed by atoms with van der Waals surface area (Å²) in [6.07, 6.45) is 2.43. The van der Waals surface area contributed by atoms with Crippen molar-refractivity contribution in [2.45, 2.75) is 26.3 Å². The normalized spacial score (nSPS) is 11.7. The summed E-state index contributed by atoms with van der Waals surface area (Å²) < 4.78 is 0.993. The lowest BCUT2D eigenvalue weighted by molar-refractivity contribution is -0.884. The van der Waals surface area contributed by atoms with Crippen molar-refractivity contribution in [3.8, 4) is 0 Å². The molecular formula is C13H22N+. The molecule has 1 aromatic carbocycles. The van der Waals surface area contributed by atoms with Gasteiger partial charge in [-0.3, -0.25) is 0 Å². The smallest absolute Gasteiger partial charge is 0.104 e. The lowest BCUT2D eigenvalue weighted by Crippen LogP contribution is -2.33. The van der Waals surface area contributed by atoms with Gasteiger partial charge < -0.3 is 4.48 Å². The molecule has 78 valence electrons. The van der Waals surface area contributed by atoms with Crippen LogP contribution in [0.5, 0.6) is 0 Å². The number of hydrogen-bond acceptors (Lipinski definition) is 0. The van der Waals surface area contributed by atoms with Crippen LogP contribution in [0.3, 0.4) is 0 Å². The van der Waals surface area contributed by atoms with E-state index < -0.39 is 0 Å². The van der Waals surface area contributed by atoms with E-state index >= 15 is 0 Å². The molecule has 0 bridgehead atoms. The Morgan fingerprint density at radius 2 is 1.43 bits per heavy atom. The highest BCUT2D eigenvalue weighted by molar-refractivity contribution is 5.21. The van der Waals surface area contributed by atoms with E-state index in [1.165, 1.54) is 24.0 Å². The van der Waals surface area contributed by atoms with Gasteiger partial charge in [0.25, 0.3) is 0 Å². The van der Waals surface area contributed by atoms with E-state index in [9.17, 15) is 0 Å². The summed E-state index contributed by atoms with van der Waals surface area (Å²) >= 11 is 0. The molecule has 0 heterocycles. The van der Waals surface area contributed by atoms with Crippen molar-refractivity contribution in [3.05, 3.63) is 35.4 Å². The third-order valence-corrected chi connectivity index (χ3v) is 2.22. The average Bonchev–Trinajstić information content (AvgIpc) is 2.06. The van der Waals surface area contributed by atoms with E-state index in [1.54, 1.807) is 0 Å². The van der Waals surface area contributed by atoms with E-state index in [-0.39, 0.29) is 0 Å². The Labute approximate surface area is 88.0 Å². The molecule has 1 rings (SSSR count). The molecule has 0 fully saturated rings. The van der Waals surface area contributed by atoms with Crippen molar-refractivity contribution >= 4 is 0 Å². The minimum atomic E-state index is 0.993. The number of rotatable bonds is 4. The molecule has 0 atom stereocenters. The quantitative estimate of drug-likeness (QED) is 0.644. The lowest BCUT2D eigenvalue weighted by atomic mass is 10.1. The van der Waals surface area contributed by atoms with Gasteiger partial charge in [0.2, 0.25) is 0 Å². The van der Waals surface area contributed by atoms with E-state index in [0.717, 1.165) is 11.0 Å². The summed E-state index contributed by atoms with van der Waals surface area (Å²) in [5.41, 5.74) is 2.88.